The van der Waals surface area contributed by atoms with Gasteiger partial charge in [0.1, 0.15) is 0 Å². The molecule has 0 fully saturated rings. The number of nitrogen functional groups attached to an aromatic ring is 1. The zero-order valence-corrected chi connectivity index (χ0v) is 14.5. The Morgan fingerprint density at radius 1 is 1.18 bits per heavy atom. The summed E-state index contributed by atoms with van der Waals surface area (Å²) in [7, 11) is -0.719. The summed E-state index contributed by atoms with van der Waals surface area (Å²) in [5.74, 6) is -0.351. The van der Waals surface area contributed by atoms with E-state index in [9.17, 15) is 13.5 Å². The van der Waals surface area contributed by atoms with Crippen molar-refractivity contribution < 1.29 is 32.1 Å². The van der Waals surface area contributed by atoms with E-state index in [0.717, 1.165) is 18.5 Å². The normalized spacial score (nSPS) is 12.6. The minimum atomic E-state index is -3.59. The van der Waals surface area contributed by atoms with Gasteiger partial charge < -0.3 is 0 Å². The Kier molecular flexibility index (Phi) is 4.57. The summed E-state index contributed by atoms with van der Waals surface area (Å²) in [6.45, 7) is 0. The fraction of sp³-hybridized carbons (Fsp3) is 0.167. The van der Waals surface area contributed by atoms with Gasteiger partial charge in [0.2, 0.25) is 0 Å². The SMILES string of the molecule is CN=Nc1ccc2cc([S](=O)(=O)[Mo])c(N=NC)c(O)c2c1N. The first-order valence-electron chi connectivity index (χ1n) is 5.95. The monoisotopic (exact) mass is 404 g/mol. The Morgan fingerprint density at radius 3 is 2.36 bits per heavy atom. The van der Waals surface area contributed by atoms with Crippen molar-refractivity contribution >= 4 is 35.4 Å². The van der Waals surface area contributed by atoms with E-state index in [4.69, 9.17) is 5.73 Å². The molecular formula is C12H12MoN5O3S. The maximum atomic E-state index is 11.9. The molecule has 0 atom stereocenters. The standard InChI is InChI=1S/C12H12N5O3S.Mo/c1-14-16-7-4-3-6-5-8(21(19)20)11(17-15-2)12(18)9(6)10(7)13;/h3-5,18H,13H2,1-2H3;. The van der Waals surface area contributed by atoms with Gasteiger partial charge in [-0.05, 0) is 0 Å². The van der Waals surface area contributed by atoms with Crippen LogP contribution in [0.4, 0.5) is 17.1 Å². The number of aromatic hydroxyl groups is 1. The number of azo groups is 2. The van der Waals surface area contributed by atoms with Crippen molar-refractivity contribution in [3.63, 3.8) is 0 Å². The molecule has 0 radical (unpaired) electrons. The third kappa shape index (κ3) is 2.86. The molecule has 0 heterocycles. The van der Waals surface area contributed by atoms with Gasteiger partial charge in [-0.1, -0.05) is 0 Å². The molecule has 10 heteroatoms. The number of nitrogens with zero attached hydrogens (tertiary/aromatic N) is 4. The Bertz CT molecular complexity index is 909. The third-order valence-electron chi connectivity index (χ3n) is 2.91. The van der Waals surface area contributed by atoms with Gasteiger partial charge in [-0.3, -0.25) is 0 Å². The number of nitrogens with two attached hydrogens (primary N) is 1. The van der Waals surface area contributed by atoms with Gasteiger partial charge in [-0.25, -0.2) is 0 Å². The van der Waals surface area contributed by atoms with E-state index in [2.05, 4.69) is 20.5 Å². The summed E-state index contributed by atoms with van der Waals surface area (Å²) >= 11 is 0.951. The molecule has 0 amide bonds. The van der Waals surface area contributed by atoms with Crippen LogP contribution < -0.4 is 5.73 Å². The first-order chi connectivity index (χ1) is 10.3. The van der Waals surface area contributed by atoms with Crippen molar-refractivity contribution in [1.82, 2.24) is 0 Å². The van der Waals surface area contributed by atoms with Crippen LogP contribution in [-0.4, -0.2) is 27.6 Å². The molecule has 115 valence electrons. The Morgan fingerprint density at radius 2 is 1.82 bits per heavy atom. The van der Waals surface area contributed by atoms with Crippen molar-refractivity contribution in [3.05, 3.63) is 18.2 Å². The number of fused-ring (bicyclic) bond motifs is 1. The second-order valence-electron chi connectivity index (χ2n) is 4.22. The fourth-order valence-electron chi connectivity index (χ4n) is 2.04. The number of hydrogen-bond donors (Lipinski definition) is 2. The van der Waals surface area contributed by atoms with Crippen molar-refractivity contribution in [2.75, 3.05) is 19.8 Å². The third-order valence-corrected chi connectivity index (χ3v) is 5.09. The number of benzene rings is 2. The molecule has 0 aliphatic rings. The van der Waals surface area contributed by atoms with E-state index in [1.54, 1.807) is 12.1 Å². The summed E-state index contributed by atoms with van der Waals surface area (Å²) in [5, 5.41) is 25.9. The molecule has 0 spiro atoms. The topological polar surface area (TPSA) is 130 Å². The van der Waals surface area contributed by atoms with Gasteiger partial charge in [0.15, 0.2) is 0 Å². The molecule has 0 aromatic heterocycles. The van der Waals surface area contributed by atoms with E-state index < -0.39 is 7.54 Å². The van der Waals surface area contributed by atoms with Gasteiger partial charge >= 0.3 is 137 Å². The predicted octanol–water partition coefficient (Wildman–Crippen LogP) is 2.79. The average molecular weight is 402 g/mol. The number of hydrogen-bond acceptors (Lipinski definition) is 8. The minimum absolute atomic E-state index is 0.114. The maximum absolute atomic E-state index is 11.9. The van der Waals surface area contributed by atoms with Crippen LogP contribution in [0, 0.1) is 0 Å². The molecule has 2 aromatic rings. The van der Waals surface area contributed by atoms with Gasteiger partial charge in [0.05, 0.1) is 0 Å². The zero-order valence-electron chi connectivity index (χ0n) is 11.7. The molecule has 2 rings (SSSR count). The summed E-state index contributed by atoms with van der Waals surface area (Å²) in [6.07, 6.45) is 0. The molecule has 0 aliphatic carbocycles. The van der Waals surface area contributed by atoms with Gasteiger partial charge in [-0.2, -0.15) is 0 Å². The summed E-state index contributed by atoms with van der Waals surface area (Å²) < 4.78 is 23.8. The molecule has 0 unspecified atom stereocenters. The number of phenolic OH excluding ortho intramolecular Hbond substituents is 1. The molecule has 8 nitrogen and oxygen atoms in total. The fourth-order valence-corrected chi connectivity index (χ4v) is 3.62. The Labute approximate surface area is 136 Å². The summed E-state index contributed by atoms with van der Waals surface area (Å²) in [6, 6.07) is 4.61. The van der Waals surface area contributed by atoms with Crippen LogP contribution in [0.5, 0.6) is 5.75 Å². The average Bonchev–Trinajstić information content (AvgIpc) is 2.43. The van der Waals surface area contributed by atoms with Crippen LogP contribution in [0.25, 0.3) is 10.8 Å². The van der Waals surface area contributed by atoms with Crippen LogP contribution in [0.3, 0.4) is 0 Å². The number of rotatable bonds is 3. The van der Waals surface area contributed by atoms with Crippen molar-refractivity contribution in [3.8, 4) is 5.75 Å². The van der Waals surface area contributed by atoms with Gasteiger partial charge in [-0.15, -0.1) is 0 Å². The van der Waals surface area contributed by atoms with Crippen LogP contribution in [-0.2, 0) is 26.1 Å². The Balaban J connectivity index is 3.00. The number of anilines is 1. The van der Waals surface area contributed by atoms with Crippen molar-refractivity contribution in [2.45, 2.75) is 4.90 Å². The van der Waals surface area contributed by atoms with Crippen LogP contribution in [0.2, 0.25) is 0 Å². The van der Waals surface area contributed by atoms with Crippen LogP contribution in [0.15, 0.2) is 43.6 Å². The molecule has 0 saturated carbocycles. The van der Waals surface area contributed by atoms with Gasteiger partial charge in [0.25, 0.3) is 0 Å². The van der Waals surface area contributed by atoms with Crippen LogP contribution in [0.1, 0.15) is 0 Å². The zero-order chi connectivity index (χ0) is 16.5. The first-order valence-corrected chi connectivity index (χ1v) is 9.81. The molecule has 22 heavy (non-hydrogen) atoms. The number of phenols is 1. The second-order valence-corrected chi connectivity index (χ2v) is 8.81. The quantitative estimate of drug-likeness (QED) is 0.464. The first kappa shape index (κ1) is 16.5. The Hall–Kier alpha value is -1.86. The molecule has 0 saturated heterocycles. The van der Waals surface area contributed by atoms with E-state index in [1.807, 2.05) is 0 Å². The summed E-state index contributed by atoms with van der Waals surface area (Å²) in [5.41, 5.74) is 6.42. The van der Waals surface area contributed by atoms with E-state index in [1.165, 1.54) is 20.2 Å². The van der Waals surface area contributed by atoms with E-state index >= 15 is 0 Å². The summed E-state index contributed by atoms with van der Waals surface area (Å²) in [4.78, 5) is -0.114. The van der Waals surface area contributed by atoms with Crippen molar-refractivity contribution in [1.29, 1.82) is 0 Å². The predicted molar refractivity (Wildman–Crippen MR) is 78.1 cm³/mol. The molecule has 3 N–H and O–H groups in total. The molecule has 0 aliphatic heterocycles. The van der Waals surface area contributed by atoms with Gasteiger partial charge in [0, 0.05) is 0 Å². The van der Waals surface area contributed by atoms with E-state index in [0.29, 0.717) is 11.1 Å². The second kappa shape index (κ2) is 6.10. The van der Waals surface area contributed by atoms with Crippen molar-refractivity contribution in [2.24, 2.45) is 20.5 Å². The molecule has 0 bridgehead atoms. The van der Waals surface area contributed by atoms with E-state index in [-0.39, 0.29) is 27.4 Å². The molecular weight excluding hydrogens is 390 g/mol. The molecule has 2 aromatic carbocycles. The van der Waals surface area contributed by atoms with Crippen LogP contribution >= 0.6 is 0 Å².